The molecular weight excluding hydrogens is 518 g/mol. The van der Waals surface area contributed by atoms with Gasteiger partial charge in [0.05, 0.1) is 17.2 Å². The van der Waals surface area contributed by atoms with Gasteiger partial charge in [-0.2, -0.15) is 4.31 Å². The molecule has 8 nitrogen and oxygen atoms in total. The Bertz CT molecular complexity index is 1360. The van der Waals surface area contributed by atoms with Gasteiger partial charge in [-0.3, -0.25) is 10.1 Å². The maximum Gasteiger partial charge on any atom is 0.350 e. The summed E-state index contributed by atoms with van der Waals surface area (Å²) in [5.74, 6) is -0.995. The molecule has 188 valence electrons. The smallest absolute Gasteiger partial charge is 0.350 e. The minimum Gasteiger partial charge on any atom is -0.462 e. The third-order valence-electron chi connectivity index (χ3n) is 5.55. The van der Waals surface area contributed by atoms with Crippen LogP contribution in [0, 0.1) is 0 Å². The number of carbonyl (C=O) groups is 2. The van der Waals surface area contributed by atoms with Crippen molar-refractivity contribution in [2.24, 2.45) is 0 Å². The van der Waals surface area contributed by atoms with E-state index in [4.69, 9.17) is 17.0 Å². The zero-order valence-electron chi connectivity index (χ0n) is 19.5. The maximum absolute atomic E-state index is 12.7. The number of ether oxygens (including phenoxy) is 1. The number of benzene rings is 2. The van der Waals surface area contributed by atoms with Crippen molar-refractivity contribution in [3.8, 4) is 10.4 Å². The first kappa shape index (κ1) is 26.0. The number of esters is 1. The number of thiocarbonyl (C=S) groups is 1. The second-order valence-electron chi connectivity index (χ2n) is 7.98. The number of anilines is 1. The Kier molecular flexibility index (Phi) is 8.14. The van der Waals surface area contributed by atoms with Crippen molar-refractivity contribution in [3.05, 3.63) is 71.1 Å². The Hall–Kier alpha value is -3.12. The van der Waals surface area contributed by atoms with Crippen molar-refractivity contribution in [1.29, 1.82) is 0 Å². The molecule has 0 spiro atoms. The van der Waals surface area contributed by atoms with Gasteiger partial charge >= 0.3 is 5.97 Å². The number of thiophene rings is 1. The first-order chi connectivity index (χ1) is 17.3. The first-order valence-corrected chi connectivity index (χ1v) is 14.0. The van der Waals surface area contributed by atoms with Crippen LogP contribution >= 0.6 is 23.6 Å². The zero-order valence-corrected chi connectivity index (χ0v) is 22.0. The van der Waals surface area contributed by atoms with Gasteiger partial charge in [-0.15, -0.1) is 11.3 Å². The van der Waals surface area contributed by atoms with Crippen LogP contribution in [0.5, 0.6) is 0 Å². The zero-order chi connectivity index (χ0) is 25.7. The van der Waals surface area contributed by atoms with Crippen LogP contribution in [-0.4, -0.2) is 49.4 Å². The Morgan fingerprint density at radius 3 is 2.36 bits per heavy atom. The van der Waals surface area contributed by atoms with Crippen molar-refractivity contribution in [2.45, 2.75) is 24.7 Å². The highest BCUT2D eigenvalue weighted by atomic mass is 32.2. The first-order valence-electron chi connectivity index (χ1n) is 11.4. The normalized spacial score (nSPS) is 13.8. The summed E-state index contributed by atoms with van der Waals surface area (Å²) in [6.45, 7) is 2.96. The van der Waals surface area contributed by atoms with Crippen molar-refractivity contribution >= 4 is 56.3 Å². The number of amides is 1. The van der Waals surface area contributed by atoms with Gasteiger partial charge in [-0.25, -0.2) is 13.2 Å². The molecule has 0 aliphatic carbocycles. The summed E-state index contributed by atoms with van der Waals surface area (Å²) >= 11 is 6.58. The topological polar surface area (TPSA) is 105 Å². The monoisotopic (exact) mass is 543 g/mol. The van der Waals surface area contributed by atoms with Gasteiger partial charge in [0.25, 0.3) is 5.91 Å². The van der Waals surface area contributed by atoms with E-state index < -0.39 is 21.9 Å². The Balaban J connectivity index is 1.47. The third-order valence-corrected chi connectivity index (χ3v) is 8.83. The molecule has 2 aromatic carbocycles. The molecule has 1 amide bonds. The largest absolute Gasteiger partial charge is 0.462 e. The van der Waals surface area contributed by atoms with Crippen molar-refractivity contribution in [2.75, 3.05) is 25.0 Å². The summed E-state index contributed by atoms with van der Waals surface area (Å²) in [6.07, 6.45) is 1.69. The standard InChI is InChI=1S/C25H25N3O5S3/c1-2-33-24(30)22-20(16-21(35-22)17-8-4-3-5-9-17)26-25(34)27-23(29)18-10-12-19(13-11-18)36(31,32)28-14-6-7-15-28/h3-5,8-13,16H,2,6-7,14-15H2,1H3,(H2,26,27,29,34). The lowest BCUT2D eigenvalue weighted by Crippen LogP contribution is -2.34. The van der Waals surface area contributed by atoms with Gasteiger partial charge in [0, 0.05) is 23.5 Å². The molecule has 1 aliphatic rings. The number of nitrogens with one attached hydrogen (secondary N) is 2. The van der Waals surface area contributed by atoms with Gasteiger partial charge in [0.2, 0.25) is 10.0 Å². The summed E-state index contributed by atoms with van der Waals surface area (Å²) in [7, 11) is -3.56. The third kappa shape index (κ3) is 5.81. The molecule has 1 fully saturated rings. The SMILES string of the molecule is CCOC(=O)c1sc(-c2ccccc2)cc1NC(=S)NC(=O)c1ccc(S(=O)(=O)N2CCCC2)cc1. The second kappa shape index (κ2) is 11.3. The van der Waals surface area contributed by atoms with E-state index in [1.807, 2.05) is 30.3 Å². The molecule has 36 heavy (non-hydrogen) atoms. The van der Waals surface area contributed by atoms with E-state index in [9.17, 15) is 18.0 Å². The van der Waals surface area contributed by atoms with Gasteiger partial charge in [0.1, 0.15) is 4.88 Å². The molecule has 2 heterocycles. The van der Waals surface area contributed by atoms with Crippen LogP contribution in [0.15, 0.2) is 65.6 Å². The highest BCUT2D eigenvalue weighted by molar-refractivity contribution is 7.89. The fourth-order valence-electron chi connectivity index (χ4n) is 3.76. The van der Waals surface area contributed by atoms with Gasteiger partial charge in [0.15, 0.2) is 5.11 Å². The Labute approximate surface area is 219 Å². The molecule has 4 rings (SSSR count). The van der Waals surface area contributed by atoms with Gasteiger partial charge < -0.3 is 10.1 Å². The molecule has 0 unspecified atom stereocenters. The van der Waals surface area contributed by atoms with E-state index >= 15 is 0 Å². The molecule has 3 aromatic rings. The average Bonchev–Trinajstić information content (AvgIpc) is 3.56. The highest BCUT2D eigenvalue weighted by Crippen LogP contribution is 2.35. The second-order valence-corrected chi connectivity index (χ2v) is 11.4. The Morgan fingerprint density at radius 1 is 1.06 bits per heavy atom. The fourth-order valence-corrected chi connectivity index (χ4v) is 6.49. The quantitative estimate of drug-likeness (QED) is 0.334. The molecule has 0 bridgehead atoms. The van der Waals surface area contributed by atoms with Gasteiger partial charge in [-0.1, -0.05) is 30.3 Å². The lowest BCUT2D eigenvalue weighted by Gasteiger charge is -2.15. The molecule has 0 saturated carbocycles. The molecule has 1 saturated heterocycles. The van der Waals surface area contributed by atoms with Crippen LogP contribution in [0.3, 0.4) is 0 Å². The van der Waals surface area contributed by atoms with E-state index in [0.717, 1.165) is 23.3 Å². The summed E-state index contributed by atoms with van der Waals surface area (Å²) in [5.41, 5.74) is 1.61. The van der Waals surface area contributed by atoms with Crippen LogP contribution in [0.4, 0.5) is 5.69 Å². The van der Waals surface area contributed by atoms with Crippen LogP contribution in [0.1, 0.15) is 39.8 Å². The predicted octanol–water partition coefficient (Wildman–Crippen LogP) is 4.50. The number of hydrogen-bond acceptors (Lipinski definition) is 7. The molecule has 1 aromatic heterocycles. The van der Waals surface area contributed by atoms with Crippen LogP contribution < -0.4 is 10.6 Å². The van der Waals surface area contributed by atoms with Crippen LogP contribution in [0.25, 0.3) is 10.4 Å². The number of carbonyl (C=O) groups excluding carboxylic acids is 2. The van der Waals surface area contributed by atoms with E-state index in [1.54, 1.807) is 13.0 Å². The summed E-state index contributed by atoms with van der Waals surface area (Å²) < 4.78 is 32.0. The fraction of sp³-hybridized carbons (Fsp3) is 0.240. The number of nitrogens with zero attached hydrogens (tertiary/aromatic N) is 1. The summed E-state index contributed by atoms with van der Waals surface area (Å²) in [5, 5.41) is 5.50. The van der Waals surface area contributed by atoms with E-state index in [-0.39, 0.29) is 22.2 Å². The van der Waals surface area contributed by atoms with E-state index in [2.05, 4.69) is 10.6 Å². The lowest BCUT2D eigenvalue weighted by molar-refractivity contribution is 0.0533. The van der Waals surface area contributed by atoms with Crippen molar-refractivity contribution in [3.63, 3.8) is 0 Å². The molecule has 11 heteroatoms. The molecule has 0 atom stereocenters. The molecular formula is C25H25N3O5S3. The van der Waals surface area contributed by atoms with Crippen LogP contribution in [-0.2, 0) is 14.8 Å². The molecule has 2 N–H and O–H groups in total. The van der Waals surface area contributed by atoms with E-state index in [1.165, 1.54) is 39.9 Å². The van der Waals surface area contributed by atoms with Gasteiger partial charge in [-0.05, 0) is 67.9 Å². The minimum atomic E-state index is -3.56. The Morgan fingerprint density at radius 2 is 1.72 bits per heavy atom. The predicted molar refractivity (Wildman–Crippen MR) is 144 cm³/mol. The number of sulfonamides is 1. The minimum absolute atomic E-state index is 0.00303. The van der Waals surface area contributed by atoms with Crippen LogP contribution in [0.2, 0.25) is 0 Å². The maximum atomic E-state index is 12.7. The molecule has 1 aliphatic heterocycles. The van der Waals surface area contributed by atoms with Crippen molar-refractivity contribution in [1.82, 2.24) is 9.62 Å². The van der Waals surface area contributed by atoms with E-state index in [0.29, 0.717) is 23.7 Å². The average molecular weight is 544 g/mol. The van der Waals surface area contributed by atoms with Crippen molar-refractivity contribution < 1.29 is 22.7 Å². The summed E-state index contributed by atoms with van der Waals surface area (Å²) in [6, 6.07) is 17.1. The highest BCUT2D eigenvalue weighted by Gasteiger charge is 2.27. The number of hydrogen-bond donors (Lipinski definition) is 2. The number of rotatable bonds is 7. The summed E-state index contributed by atoms with van der Waals surface area (Å²) in [4.78, 5) is 26.6. The lowest BCUT2D eigenvalue weighted by atomic mass is 10.2. The molecule has 0 radical (unpaired) electrons.